The number of carboxylic acid groups (broad SMARTS) is 1. The smallest absolute Gasteiger partial charge is 0.304 e. The number of anilines is 1. The van der Waals surface area contributed by atoms with Gasteiger partial charge in [0.05, 0.1) is 11.8 Å². The van der Waals surface area contributed by atoms with Gasteiger partial charge in [-0.05, 0) is 37.8 Å². The van der Waals surface area contributed by atoms with Crippen molar-refractivity contribution in [2.24, 2.45) is 11.3 Å². The molecule has 23 heavy (non-hydrogen) atoms. The largest absolute Gasteiger partial charge is 0.481 e. The van der Waals surface area contributed by atoms with E-state index in [0.29, 0.717) is 0 Å². The summed E-state index contributed by atoms with van der Waals surface area (Å²) in [5.74, 6) is -3.60. The highest BCUT2D eigenvalue weighted by Crippen LogP contribution is 2.42. The quantitative estimate of drug-likeness (QED) is 0.861. The molecule has 1 atom stereocenters. The second-order valence-corrected chi connectivity index (χ2v) is 6.37. The first-order valence-electron chi connectivity index (χ1n) is 7.82. The van der Waals surface area contributed by atoms with Gasteiger partial charge in [-0.2, -0.15) is 0 Å². The van der Waals surface area contributed by atoms with Gasteiger partial charge in [-0.1, -0.05) is 25.3 Å². The minimum Gasteiger partial charge on any atom is -0.481 e. The lowest BCUT2D eigenvalue weighted by Crippen LogP contribution is -2.43. The van der Waals surface area contributed by atoms with Crippen LogP contribution in [0.5, 0.6) is 0 Å². The summed E-state index contributed by atoms with van der Waals surface area (Å²) in [6.45, 7) is 1.57. The molecule has 1 aliphatic rings. The Morgan fingerprint density at radius 3 is 2.30 bits per heavy atom. The van der Waals surface area contributed by atoms with Crippen molar-refractivity contribution in [1.29, 1.82) is 0 Å². The van der Waals surface area contributed by atoms with E-state index in [9.17, 15) is 23.5 Å². The summed E-state index contributed by atoms with van der Waals surface area (Å²) in [7, 11) is 0. The fourth-order valence-corrected chi connectivity index (χ4v) is 3.34. The molecule has 1 saturated carbocycles. The van der Waals surface area contributed by atoms with Gasteiger partial charge in [0.25, 0.3) is 0 Å². The number of para-hydroxylation sites is 1. The second-order valence-electron chi connectivity index (χ2n) is 6.37. The molecule has 0 aliphatic heterocycles. The van der Waals surface area contributed by atoms with Crippen molar-refractivity contribution < 1.29 is 23.5 Å². The van der Waals surface area contributed by atoms with Gasteiger partial charge in [0.15, 0.2) is 0 Å². The van der Waals surface area contributed by atoms with E-state index in [0.717, 1.165) is 44.2 Å². The first-order valence-corrected chi connectivity index (χ1v) is 7.82. The Hall–Kier alpha value is -1.98. The van der Waals surface area contributed by atoms with Crippen LogP contribution < -0.4 is 5.32 Å². The lowest BCUT2D eigenvalue weighted by molar-refractivity contribution is -0.145. The molecule has 0 saturated heterocycles. The number of carbonyl (C=O) groups excluding carboxylic acids is 1. The van der Waals surface area contributed by atoms with E-state index in [4.69, 9.17) is 0 Å². The number of hydrogen-bond donors (Lipinski definition) is 2. The monoisotopic (exact) mass is 325 g/mol. The highest BCUT2D eigenvalue weighted by molar-refractivity contribution is 5.97. The number of rotatable bonds is 5. The van der Waals surface area contributed by atoms with E-state index in [-0.39, 0.29) is 12.3 Å². The lowest BCUT2D eigenvalue weighted by Gasteiger charge is -2.37. The van der Waals surface area contributed by atoms with Crippen molar-refractivity contribution in [3.63, 3.8) is 0 Å². The normalized spacial score (nSPS) is 18.2. The third-order valence-electron chi connectivity index (χ3n) is 4.74. The van der Waals surface area contributed by atoms with Crippen molar-refractivity contribution in [2.75, 3.05) is 5.32 Å². The second kappa shape index (κ2) is 7.06. The molecule has 126 valence electrons. The predicted octanol–water partition coefficient (Wildman–Crippen LogP) is 3.96. The number of carboxylic acids is 1. The molecule has 0 heterocycles. The average Bonchev–Trinajstić information content (AvgIpc) is 2.51. The Morgan fingerprint density at radius 1 is 1.22 bits per heavy atom. The number of carbonyl (C=O) groups is 2. The minimum absolute atomic E-state index is 0.109. The topological polar surface area (TPSA) is 66.4 Å². The number of benzene rings is 1. The molecule has 1 fully saturated rings. The summed E-state index contributed by atoms with van der Waals surface area (Å²) in [6.07, 6.45) is 4.05. The van der Waals surface area contributed by atoms with Crippen LogP contribution in [-0.2, 0) is 9.59 Å². The fourth-order valence-electron chi connectivity index (χ4n) is 3.34. The number of hydrogen-bond acceptors (Lipinski definition) is 2. The van der Waals surface area contributed by atoms with Crippen molar-refractivity contribution in [1.82, 2.24) is 0 Å². The number of amides is 1. The van der Waals surface area contributed by atoms with Crippen LogP contribution in [0.25, 0.3) is 0 Å². The van der Waals surface area contributed by atoms with E-state index in [1.165, 1.54) is 6.07 Å². The van der Waals surface area contributed by atoms with Crippen LogP contribution >= 0.6 is 0 Å². The Labute approximate surface area is 133 Å². The van der Waals surface area contributed by atoms with Crippen molar-refractivity contribution in [3.05, 3.63) is 29.8 Å². The first kappa shape index (κ1) is 17.4. The van der Waals surface area contributed by atoms with Crippen molar-refractivity contribution in [2.45, 2.75) is 45.4 Å². The molecule has 1 aliphatic carbocycles. The molecule has 4 nitrogen and oxygen atoms in total. The van der Waals surface area contributed by atoms with E-state index >= 15 is 0 Å². The van der Waals surface area contributed by atoms with Gasteiger partial charge in [-0.3, -0.25) is 9.59 Å². The molecular formula is C17H21F2NO3. The molecule has 0 spiro atoms. The third kappa shape index (κ3) is 3.86. The van der Waals surface area contributed by atoms with Crippen LogP contribution in [0.2, 0.25) is 0 Å². The van der Waals surface area contributed by atoms with Gasteiger partial charge in [0.1, 0.15) is 17.3 Å². The Morgan fingerprint density at radius 2 is 1.78 bits per heavy atom. The maximum absolute atomic E-state index is 13.7. The summed E-state index contributed by atoms with van der Waals surface area (Å²) >= 11 is 0. The fraction of sp³-hybridized carbons (Fsp3) is 0.529. The average molecular weight is 325 g/mol. The molecule has 2 rings (SSSR count). The summed E-state index contributed by atoms with van der Waals surface area (Å²) in [4.78, 5) is 23.9. The standard InChI is InChI=1S/C17H21F2NO3/c1-17(10-14(21)22,11-6-3-2-4-7-11)16(23)20-15-12(18)8-5-9-13(15)19/h5,8-9,11H,2-4,6-7,10H2,1H3,(H,20,23)(H,21,22). The van der Waals surface area contributed by atoms with Gasteiger partial charge in [0, 0.05) is 0 Å². The molecule has 0 radical (unpaired) electrons. The summed E-state index contributed by atoms with van der Waals surface area (Å²) in [6, 6.07) is 3.31. The van der Waals surface area contributed by atoms with Gasteiger partial charge in [-0.25, -0.2) is 8.78 Å². The van der Waals surface area contributed by atoms with Crippen LogP contribution in [0.4, 0.5) is 14.5 Å². The molecule has 1 aromatic rings. The van der Waals surface area contributed by atoms with Crippen molar-refractivity contribution in [3.8, 4) is 0 Å². The van der Waals surface area contributed by atoms with Crippen LogP contribution in [0, 0.1) is 23.0 Å². The zero-order valence-corrected chi connectivity index (χ0v) is 13.1. The van der Waals surface area contributed by atoms with Crippen LogP contribution in [0.3, 0.4) is 0 Å². The highest BCUT2D eigenvalue weighted by atomic mass is 19.1. The predicted molar refractivity (Wildman–Crippen MR) is 81.9 cm³/mol. The zero-order valence-electron chi connectivity index (χ0n) is 13.1. The van der Waals surface area contributed by atoms with E-state index < -0.39 is 34.6 Å². The SMILES string of the molecule is CC(CC(=O)O)(C(=O)Nc1c(F)cccc1F)C1CCCCC1. The van der Waals surface area contributed by atoms with Gasteiger partial charge >= 0.3 is 5.97 Å². The number of nitrogens with one attached hydrogen (secondary N) is 1. The van der Waals surface area contributed by atoms with Crippen LogP contribution in [-0.4, -0.2) is 17.0 Å². The molecule has 0 aromatic heterocycles. The molecule has 1 aromatic carbocycles. The Balaban J connectivity index is 2.27. The number of halogens is 2. The molecular weight excluding hydrogens is 304 g/mol. The van der Waals surface area contributed by atoms with Crippen LogP contribution in [0.15, 0.2) is 18.2 Å². The zero-order chi connectivity index (χ0) is 17.0. The van der Waals surface area contributed by atoms with Gasteiger partial charge < -0.3 is 10.4 Å². The van der Waals surface area contributed by atoms with Crippen LogP contribution in [0.1, 0.15) is 45.4 Å². The van der Waals surface area contributed by atoms with E-state index in [1.54, 1.807) is 6.92 Å². The summed E-state index contributed by atoms with van der Waals surface area (Å²) in [5, 5.41) is 11.4. The van der Waals surface area contributed by atoms with Gasteiger partial charge in [-0.15, -0.1) is 0 Å². The summed E-state index contributed by atoms with van der Waals surface area (Å²) in [5.41, 5.74) is -1.72. The maximum atomic E-state index is 13.7. The number of aliphatic carboxylic acids is 1. The summed E-state index contributed by atoms with van der Waals surface area (Å²) < 4.78 is 27.5. The third-order valence-corrected chi connectivity index (χ3v) is 4.74. The molecule has 1 unspecified atom stereocenters. The Kier molecular flexibility index (Phi) is 5.34. The van der Waals surface area contributed by atoms with E-state index in [2.05, 4.69) is 5.32 Å². The highest BCUT2D eigenvalue weighted by Gasteiger charge is 2.43. The lowest BCUT2D eigenvalue weighted by atomic mass is 9.67. The van der Waals surface area contributed by atoms with Crippen molar-refractivity contribution >= 4 is 17.6 Å². The first-order chi connectivity index (χ1) is 10.8. The maximum Gasteiger partial charge on any atom is 0.304 e. The molecule has 1 amide bonds. The van der Waals surface area contributed by atoms with Gasteiger partial charge in [0.2, 0.25) is 5.91 Å². The van der Waals surface area contributed by atoms with E-state index in [1.807, 2.05) is 0 Å². The molecule has 2 N–H and O–H groups in total. The Bertz CT molecular complexity index is 579. The molecule has 6 heteroatoms. The molecule has 0 bridgehead atoms. The minimum atomic E-state index is -1.19.